The van der Waals surface area contributed by atoms with E-state index in [0.717, 1.165) is 29.3 Å². The first-order valence-corrected chi connectivity index (χ1v) is 8.97. The van der Waals surface area contributed by atoms with Crippen molar-refractivity contribution in [3.8, 4) is 0 Å². The summed E-state index contributed by atoms with van der Waals surface area (Å²) >= 11 is 3.43. The second-order valence-corrected chi connectivity index (χ2v) is 7.99. The summed E-state index contributed by atoms with van der Waals surface area (Å²) in [6, 6.07) is 7.93. The number of likely N-dealkylation sites (tertiary alicyclic amines) is 1. The van der Waals surface area contributed by atoms with Gasteiger partial charge in [0, 0.05) is 23.0 Å². The predicted octanol–water partition coefficient (Wildman–Crippen LogP) is 4.31. The molecule has 23 heavy (non-hydrogen) atoms. The molecule has 0 aliphatic carbocycles. The molecule has 1 amide bonds. The Balaban J connectivity index is 2.21. The minimum absolute atomic E-state index is 0.0194. The van der Waals surface area contributed by atoms with Crippen LogP contribution in [0.5, 0.6) is 0 Å². The zero-order valence-electron chi connectivity index (χ0n) is 14.1. The van der Waals surface area contributed by atoms with E-state index in [9.17, 15) is 9.90 Å². The van der Waals surface area contributed by atoms with Gasteiger partial charge in [-0.3, -0.25) is 0 Å². The van der Waals surface area contributed by atoms with Crippen LogP contribution >= 0.6 is 15.9 Å². The lowest BCUT2D eigenvalue weighted by atomic mass is 9.86. The Kier molecular flexibility index (Phi) is 6.09. The van der Waals surface area contributed by atoms with E-state index in [-0.39, 0.29) is 24.7 Å². The minimum atomic E-state index is -0.509. The first kappa shape index (κ1) is 18.3. The van der Waals surface area contributed by atoms with Gasteiger partial charge in [0.1, 0.15) is 5.60 Å². The first-order chi connectivity index (χ1) is 10.8. The van der Waals surface area contributed by atoms with E-state index in [1.807, 2.05) is 45.0 Å². The van der Waals surface area contributed by atoms with E-state index in [1.165, 1.54) is 0 Å². The van der Waals surface area contributed by atoms with Crippen molar-refractivity contribution in [2.45, 2.75) is 57.6 Å². The quantitative estimate of drug-likeness (QED) is 0.845. The molecule has 1 heterocycles. The van der Waals surface area contributed by atoms with Crippen molar-refractivity contribution in [1.29, 1.82) is 0 Å². The van der Waals surface area contributed by atoms with Gasteiger partial charge in [-0.2, -0.15) is 0 Å². The number of hydrogen-bond donors (Lipinski definition) is 1. The van der Waals surface area contributed by atoms with Crippen LogP contribution in [0.15, 0.2) is 28.7 Å². The molecule has 1 N–H and O–H groups in total. The van der Waals surface area contributed by atoms with Crippen LogP contribution in [0.1, 0.15) is 51.5 Å². The Morgan fingerprint density at radius 2 is 2.00 bits per heavy atom. The fraction of sp³-hybridized carbons (Fsp3) is 0.611. The molecule has 0 saturated carbocycles. The molecule has 0 radical (unpaired) electrons. The molecule has 1 fully saturated rings. The molecule has 1 aliphatic heterocycles. The van der Waals surface area contributed by atoms with Gasteiger partial charge in [-0.25, -0.2) is 4.79 Å². The van der Waals surface area contributed by atoms with E-state index in [4.69, 9.17) is 4.74 Å². The molecule has 2 rings (SSSR count). The number of aliphatic hydroxyl groups excluding tert-OH is 1. The Labute approximate surface area is 147 Å². The number of amides is 1. The molecule has 0 spiro atoms. The number of carbonyl (C=O) groups excluding carboxylic acids is 1. The zero-order valence-corrected chi connectivity index (χ0v) is 15.7. The summed E-state index contributed by atoms with van der Waals surface area (Å²) in [6.07, 6.45) is 2.66. The van der Waals surface area contributed by atoms with Crippen molar-refractivity contribution >= 4 is 22.0 Å². The van der Waals surface area contributed by atoms with Gasteiger partial charge in [-0.1, -0.05) is 28.1 Å². The molecular formula is C18H26BrNO3. The largest absolute Gasteiger partial charge is 0.444 e. The highest BCUT2D eigenvalue weighted by molar-refractivity contribution is 9.10. The maximum absolute atomic E-state index is 12.5. The summed E-state index contributed by atoms with van der Waals surface area (Å²) in [6.45, 7) is 6.34. The second-order valence-electron chi connectivity index (χ2n) is 7.08. The van der Waals surface area contributed by atoms with E-state index in [1.54, 1.807) is 4.90 Å². The molecule has 128 valence electrons. The minimum Gasteiger partial charge on any atom is -0.444 e. The number of piperidine rings is 1. The van der Waals surface area contributed by atoms with Gasteiger partial charge in [0.2, 0.25) is 0 Å². The van der Waals surface area contributed by atoms with Crippen molar-refractivity contribution in [2.24, 2.45) is 0 Å². The predicted molar refractivity (Wildman–Crippen MR) is 94.5 cm³/mol. The van der Waals surface area contributed by atoms with Crippen LogP contribution in [0.25, 0.3) is 0 Å². The highest BCUT2D eigenvalue weighted by Crippen LogP contribution is 2.32. The standard InChI is InChI=1S/C18H26BrNO3/c1-18(2,3)23-17(22)20-11-5-4-6-16(20)15(12-21)13-7-9-14(19)10-8-13/h7-10,15-16,21H,4-6,11-12H2,1-3H3/t15-,16+/m1/s1. The van der Waals surface area contributed by atoms with E-state index in [0.29, 0.717) is 6.54 Å². The van der Waals surface area contributed by atoms with Crippen LogP contribution < -0.4 is 0 Å². The topological polar surface area (TPSA) is 49.8 Å². The summed E-state index contributed by atoms with van der Waals surface area (Å²) in [7, 11) is 0. The fourth-order valence-electron chi connectivity index (χ4n) is 3.08. The lowest BCUT2D eigenvalue weighted by Crippen LogP contribution is -2.49. The lowest BCUT2D eigenvalue weighted by molar-refractivity contribution is 0.00347. The second kappa shape index (κ2) is 7.67. The molecule has 0 aromatic heterocycles. The molecule has 2 atom stereocenters. The first-order valence-electron chi connectivity index (χ1n) is 8.18. The zero-order chi connectivity index (χ0) is 17.0. The molecule has 0 unspecified atom stereocenters. The van der Waals surface area contributed by atoms with Gasteiger partial charge in [0.05, 0.1) is 6.61 Å². The molecule has 1 aliphatic rings. The van der Waals surface area contributed by atoms with Crippen molar-refractivity contribution in [3.05, 3.63) is 34.3 Å². The van der Waals surface area contributed by atoms with Crippen molar-refractivity contribution in [1.82, 2.24) is 4.90 Å². The molecule has 0 bridgehead atoms. The lowest BCUT2D eigenvalue weighted by Gasteiger charge is -2.40. The van der Waals surface area contributed by atoms with Crippen molar-refractivity contribution < 1.29 is 14.6 Å². The average molecular weight is 384 g/mol. The summed E-state index contributed by atoms with van der Waals surface area (Å²) < 4.78 is 6.56. The van der Waals surface area contributed by atoms with Gasteiger partial charge >= 0.3 is 6.09 Å². The normalized spacial score (nSPS) is 20.2. The number of rotatable bonds is 3. The molecule has 4 nitrogen and oxygen atoms in total. The summed E-state index contributed by atoms with van der Waals surface area (Å²) in [4.78, 5) is 14.3. The monoisotopic (exact) mass is 383 g/mol. The number of aliphatic hydroxyl groups is 1. The third-order valence-electron chi connectivity index (χ3n) is 4.14. The summed E-state index contributed by atoms with van der Waals surface area (Å²) in [5, 5.41) is 9.94. The third kappa shape index (κ3) is 4.95. The highest BCUT2D eigenvalue weighted by Gasteiger charge is 2.35. The van der Waals surface area contributed by atoms with Crippen molar-refractivity contribution in [3.63, 3.8) is 0 Å². The van der Waals surface area contributed by atoms with Gasteiger partial charge < -0.3 is 14.7 Å². The number of halogens is 1. The summed E-state index contributed by atoms with van der Waals surface area (Å²) in [5.74, 6) is -0.0871. The van der Waals surface area contributed by atoms with E-state index >= 15 is 0 Å². The Morgan fingerprint density at radius 1 is 1.35 bits per heavy atom. The number of hydrogen-bond acceptors (Lipinski definition) is 3. The smallest absolute Gasteiger partial charge is 0.410 e. The van der Waals surface area contributed by atoms with E-state index in [2.05, 4.69) is 15.9 Å². The van der Waals surface area contributed by atoms with Crippen LogP contribution in [0, 0.1) is 0 Å². The highest BCUT2D eigenvalue weighted by atomic mass is 79.9. The maximum atomic E-state index is 12.5. The van der Waals surface area contributed by atoms with Gasteiger partial charge in [-0.15, -0.1) is 0 Å². The Bertz CT molecular complexity index is 524. The number of ether oxygens (including phenoxy) is 1. The van der Waals surface area contributed by atoms with Gasteiger partial charge in [0.25, 0.3) is 0 Å². The Hall–Kier alpha value is -1.07. The van der Waals surface area contributed by atoms with E-state index < -0.39 is 5.60 Å². The van der Waals surface area contributed by atoms with Crippen LogP contribution in [0.4, 0.5) is 4.79 Å². The molecular weight excluding hydrogens is 358 g/mol. The molecule has 5 heteroatoms. The molecule has 1 aromatic carbocycles. The average Bonchev–Trinajstić information content (AvgIpc) is 2.48. The van der Waals surface area contributed by atoms with Crippen LogP contribution in [0.2, 0.25) is 0 Å². The van der Waals surface area contributed by atoms with Crippen LogP contribution in [-0.4, -0.2) is 40.9 Å². The fourth-order valence-corrected chi connectivity index (χ4v) is 3.35. The van der Waals surface area contributed by atoms with Crippen LogP contribution in [-0.2, 0) is 4.74 Å². The van der Waals surface area contributed by atoms with Crippen molar-refractivity contribution in [2.75, 3.05) is 13.2 Å². The summed E-state index contributed by atoms with van der Waals surface area (Å²) in [5.41, 5.74) is 0.543. The van der Waals surface area contributed by atoms with Crippen LogP contribution in [0.3, 0.4) is 0 Å². The molecule has 1 saturated heterocycles. The Morgan fingerprint density at radius 3 is 2.57 bits per heavy atom. The SMILES string of the molecule is CC(C)(C)OC(=O)N1CCCC[C@H]1[C@H](CO)c1ccc(Br)cc1. The number of benzene rings is 1. The number of nitrogens with zero attached hydrogens (tertiary/aromatic N) is 1. The van der Waals surface area contributed by atoms with Gasteiger partial charge in [0.15, 0.2) is 0 Å². The van der Waals surface area contributed by atoms with Gasteiger partial charge in [-0.05, 0) is 57.7 Å². The number of carbonyl (C=O) groups is 1. The third-order valence-corrected chi connectivity index (χ3v) is 4.67. The molecule has 1 aromatic rings. The maximum Gasteiger partial charge on any atom is 0.410 e.